The number of rotatable bonds is 7. The fourth-order valence-corrected chi connectivity index (χ4v) is 6.96. The molecule has 0 atom stereocenters. The third kappa shape index (κ3) is 4.61. The molecule has 4 rings (SSSR count). The molecule has 0 aliphatic carbocycles. The summed E-state index contributed by atoms with van der Waals surface area (Å²) in [7, 11) is -3.44. The molecular weight excluding hydrogens is 468 g/mol. The summed E-state index contributed by atoms with van der Waals surface area (Å²) in [5.41, 5.74) is 2.06. The molecule has 2 aromatic heterocycles. The van der Waals surface area contributed by atoms with Crippen LogP contribution in [0.15, 0.2) is 46.8 Å². The van der Waals surface area contributed by atoms with E-state index in [-0.39, 0.29) is 18.4 Å². The largest absolute Gasteiger partial charge is 0.347 e. The molecule has 3 heterocycles. The van der Waals surface area contributed by atoms with Gasteiger partial charge in [-0.25, -0.2) is 13.1 Å². The van der Waals surface area contributed by atoms with Crippen molar-refractivity contribution in [2.75, 3.05) is 13.1 Å². The van der Waals surface area contributed by atoms with Gasteiger partial charge in [-0.1, -0.05) is 31.5 Å². The number of halogens is 1. The smallest absolute Gasteiger partial charge is 0.255 e. The van der Waals surface area contributed by atoms with Gasteiger partial charge in [-0.05, 0) is 49.1 Å². The Labute approximate surface area is 197 Å². The highest BCUT2D eigenvalue weighted by atomic mass is 35.5. The van der Waals surface area contributed by atoms with Crippen LogP contribution in [-0.4, -0.2) is 41.5 Å². The van der Waals surface area contributed by atoms with Crippen molar-refractivity contribution >= 4 is 38.9 Å². The zero-order valence-electron chi connectivity index (χ0n) is 17.9. The van der Waals surface area contributed by atoms with Gasteiger partial charge in [0, 0.05) is 23.0 Å². The first-order chi connectivity index (χ1) is 15.3. The summed E-state index contributed by atoms with van der Waals surface area (Å²) in [4.78, 5) is 13.7. The van der Waals surface area contributed by atoms with Crippen molar-refractivity contribution in [2.24, 2.45) is 0 Å². The molecule has 3 aromatic rings. The van der Waals surface area contributed by atoms with E-state index in [9.17, 15) is 13.2 Å². The number of sulfonamides is 1. The van der Waals surface area contributed by atoms with Crippen LogP contribution in [0.3, 0.4) is 0 Å². The molecule has 1 saturated heterocycles. The minimum Gasteiger partial charge on any atom is -0.347 e. The number of thiophene rings is 1. The molecule has 0 saturated carbocycles. The molecule has 0 radical (unpaired) electrons. The number of benzene rings is 1. The quantitative estimate of drug-likeness (QED) is 0.529. The molecule has 0 unspecified atom stereocenters. The van der Waals surface area contributed by atoms with E-state index in [1.165, 1.54) is 15.6 Å². The van der Waals surface area contributed by atoms with E-state index in [2.05, 4.69) is 10.4 Å². The summed E-state index contributed by atoms with van der Waals surface area (Å²) < 4.78 is 29.0. The minimum absolute atomic E-state index is 0.0520. The van der Waals surface area contributed by atoms with E-state index < -0.39 is 10.0 Å². The third-order valence-corrected chi connectivity index (χ3v) is 9.06. The van der Waals surface area contributed by atoms with Crippen LogP contribution in [0.2, 0.25) is 5.02 Å². The molecule has 1 aliphatic heterocycles. The molecule has 7 nitrogen and oxygen atoms in total. The number of nitrogens with zero attached hydrogens (tertiary/aromatic N) is 3. The summed E-state index contributed by atoms with van der Waals surface area (Å²) in [6.07, 6.45) is 3.35. The van der Waals surface area contributed by atoms with Gasteiger partial charge < -0.3 is 5.32 Å². The van der Waals surface area contributed by atoms with Crippen LogP contribution < -0.4 is 5.32 Å². The highest BCUT2D eigenvalue weighted by Gasteiger charge is 2.28. The first kappa shape index (κ1) is 23.0. The minimum atomic E-state index is -3.44. The van der Waals surface area contributed by atoms with Crippen LogP contribution >= 0.6 is 22.9 Å². The lowest BCUT2D eigenvalue weighted by Gasteiger charge is -2.13. The Bertz CT molecular complexity index is 1230. The summed E-state index contributed by atoms with van der Waals surface area (Å²) in [5.74, 6) is -0.199. The first-order valence-corrected chi connectivity index (χ1v) is 13.1. The van der Waals surface area contributed by atoms with E-state index in [0.717, 1.165) is 29.1 Å². The second-order valence-corrected chi connectivity index (χ2v) is 11.8. The maximum atomic E-state index is 13.0. The van der Waals surface area contributed by atoms with E-state index in [4.69, 9.17) is 11.6 Å². The van der Waals surface area contributed by atoms with E-state index >= 15 is 0 Å². The van der Waals surface area contributed by atoms with Crippen LogP contribution in [0.5, 0.6) is 0 Å². The average molecular weight is 493 g/mol. The maximum Gasteiger partial charge on any atom is 0.255 e. The van der Waals surface area contributed by atoms with Gasteiger partial charge in [0.1, 0.15) is 4.21 Å². The predicted molar refractivity (Wildman–Crippen MR) is 126 cm³/mol. The highest BCUT2D eigenvalue weighted by Crippen LogP contribution is 2.28. The highest BCUT2D eigenvalue weighted by molar-refractivity contribution is 7.91. The SMILES string of the molecule is CC(C)c1c(C(=O)NCc2ccc(S(=O)(=O)N3CCCC3)s2)cnn1-c1cccc(Cl)c1. The fraction of sp³-hybridized carbons (Fsp3) is 0.364. The zero-order valence-corrected chi connectivity index (χ0v) is 20.3. The topological polar surface area (TPSA) is 84.3 Å². The molecule has 170 valence electrons. The predicted octanol–water partition coefficient (Wildman–Crippen LogP) is 4.43. The van der Waals surface area contributed by atoms with Crippen LogP contribution in [0.25, 0.3) is 5.69 Å². The molecule has 32 heavy (non-hydrogen) atoms. The maximum absolute atomic E-state index is 13.0. The van der Waals surface area contributed by atoms with Crippen LogP contribution in [0.1, 0.15) is 53.5 Å². The lowest BCUT2D eigenvalue weighted by molar-refractivity contribution is 0.0950. The lowest BCUT2D eigenvalue weighted by Crippen LogP contribution is -2.27. The van der Waals surface area contributed by atoms with E-state index in [1.54, 1.807) is 35.1 Å². The Morgan fingerprint density at radius 1 is 1.22 bits per heavy atom. The van der Waals surface area contributed by atoms with E-state index in [0.29, 0.717) is 27.9 Å². The van der Waals surface area contributed by atoms with Crippen LogP contribution in [0.4, 0.5) is 0 Å². The van der Waals surface area contributed by atoms with Gasteiger partial charge in [-0.3, -0.25) is 4.79 Å². The number of carbonyl (C=O) groups is 1. The van der Waals surface area contributed by atoms with Gasteiger partial charge >= 0.3 is 0 Å². The fourth-order valence-electron chi connectivity index (χ4n) is 3.81. The van der Waals surface area contributed by atoms with Gasteiger partial charge in [0.2, 0.25) is 0 Å². The number of hydrogen-bond acceptors (Lipinski definition) is 5. The molecule has 1 aliphatic rings. The molecular formula is C22H25ClN4O3S2. The summed E-state index contributed by atoms with van der Waals surface area (Å²) >= 11 is 7.32. The average Bonchev–Trinajstić information content (AvgIpc) is 3.52. The van der Waals surface area contributed by atoms with Gasteiger partial charge in [0.15, 0.2) is 0 Å². The third-order valence-electron chi connectivity index (χ3n) is 5.37. The Kier molecular flexibility index (Phi) is 6.71. The number of hydrogen-bond donors (Lipinski definition) is 1. The second kappa shape index (κ2) is 9.35. The lowest BCUT2D eigenvalue weighted by atomic mass is 10.0. The number of nitrogens with one attached hydrogen (secondary N) is 1. The molecule has 1 aromatic carbocycles. The Hall–Kier alpha value is -2.20. The summed E-state index contributed by atoms with van der Waals surface area (Å²) in [6, 6.07) is 10.7. The van der Waals surface area contributed by atoms with Gasteiger partial charge in [0.05, 0.1) is 29.7 Å². The van der Waals surface area contributed by atoms with Gasteiger partial charge in [0.25, 0.3) is 15.9 Å². The standard InChI is InChI=1S/C22H25ClN4O3S2/c1-15(2)21-19(14-25-27(21)17-7-5-6-16(23)12-17)22(28)24-13-18-8-9-20(31-18)32(29,30)26-10-3-4-11-26/h5-9,12,14-15H,3-4,10-11,13H2,1-2H3,(H,24,28). The zero-order chi connectivity index (χ0) is 22.9. The number of aromatic nitrogens is 2. The number of amides is 1. The van der Waals surface area contributed by atoms with E-state index in [1.807, 2.05) is 26.0 Å². The molecule has 1 fully saturated rings. The molecule has 10 heteroatoms. The van der Waals surface area contributed by atoms with Crippen molar-refractivity contribution in [3.05, 3.63) is 63.8 Å². The molecule has 0 bridgehead atoms. The van der Waals surface area contributed by atoms with Crippen molar-refractivity contribution in [1.82, 2.24) is 19.4 Å². The Balaban J connectivity index is 1.50. The van der Waals surface area contributed by atoms with Crippen molar-refractivity contribution in [2.45, 2.75) is 43.4 Å². The van der Waals surface area contributed by atoms with Gasteiger partial charge in [-0.2, -0.15) is 9.40 Å². The number of carbonyl (C=O) groups excluding carboxylic acids is 1. The van der Waals surface area contributed by atoms with Crippen molar-refractivity contribution in [3.8, 4) is 5.69 Å². The summed E-state index contributed by atoms with van der Waals surface area (Å²) in [6.45, 7) is 5.40. The molecule has 1 N–H and O–H groups in total. The van der Waals surface area contributed by atoms with Crippen molar-refractivity contribution in [1.29, 1.82) is 0 Å². The monoisotopic (exact) mass is 492 g/mol. The van der Waals surface area contributed by atoms with Crippen molar-refractivity contribution < 1.29 is 13.2 Å². The normalized spacial score (nSPS) is 14.9. The Morgan fingerprint density at radius 3 is 2.66 bits per heavy atom. The second-order valence-electron chi connectivity index (χ2n) is 8.00. The Morgan fingerprint density at radius 2 is 1.97 bits per heavy atom. The first-order valence-electron chi connectivity index (χ1n) is 10.5. The molecule has 0 spiro atoms. The summed E-state index contributed by atoms with van der Waals surface area (Å²) in [5, 5.41) is 7.92. The van der Waals surface area contributed by atoms with Crippen molar-refractivity contribution in [3.63, 3.8) is 0 Å². The van der Waals surface area contributed by atoms with Crippen LogP contribution in [-0.2, 0) is 16.6 Å². The van der Waals surface area contributed by atoms with Gasteiger partial charge in [-0.15, -0.1) is 11.3 Å². The van der Waals surface area contributed by atoms with Crippen LogP contribution in [0, 0.1) is 0 Å². The molecule has 1 amide bonds.